The number of nitrogens with one attached hydrogen (secondary N) is 1. The number of fused-ring (bicyclic) bond motifs is 3. The van der Waals surface area contributed by atoms with E-state index in [0.29, 0.717) is 6.61 Å². The Balaban J connectivity index is 1.63. The van der Waals surface area contributed by atoms with Gasteiger partial charge in [0, 0.05) is 10.9 Å². The molecule has 0 spiro atoms. The number of carbonyl (C=O) groups is 1. The molecule has 0 bridgehead atoms. The molecule has 1 aliphatic heterocycles. The lowest BCUT2D eigenvalue weighted by Crippen LogP contribution is -2.31. The Bertz CT molecular complexity index is 863. The number of nitrogens with zero attached hydrogens (tertiary/aromatic N) is 4. The van der Waals surface area contributed by atoms with Gasteiger partial charge in [-0.05, 0) is 28.7 Å². The summed E-state index contributed by atoms with van der Waals surface area (Å²) in [5.41, 5.74) is 1.02. The first-order valence-electron chi connectivity index (χ1n) is 7.96. The summed E-state index contributed by atoms with van der Waals surface area (Å²) in [4.78, 5) is 12.3. The van der Waals surface area contributed by atoms with E-state index in [2.05, 4.69) is 39.0 Å². The molecule has 0 radical (unpaired) electrons. The van der Waals surface area contributed by atoms with Crippen LogP contribution in [-0.4, -0.2) is 32.7 Å². The Kier molecular flexibility index (Phi) is 3.82. The summed E-state index contributed by atoms with van der Waals surface area (Å²) in [5.74, 6) is 0.756. The van der Waals surface area contributed by atoms with Crippen molar-refractivity contribution in [3.63, 3.8) is 0 Å². The number of hydrogen-bond acceptors (Lipinski definition) is 5. The first-order valence-corrected chi connectivity index (χ1v) is 7.96. The molecule has 7 nitrogen and oxygen atoms in total. The van der Waals surface area contributed by atoms with Gasteiger partial charge in [-0.3, -0.25) is 4.79 Å². The van der Waals surface area contributed by atoms with Crippen LogP contribution in [0.2, 0.25) is 0 Å². The van der Waals surface area contributed by atoms with E-state index >= 15 is 0 Å². The number of aromatic nitrogens is 4. The summed E-state index contributed by atoms with van der Waals surface area (Å²) in [6.45, 7) is 0.758. The fourth-order valence-corrected chi connectivity index (χ4v) is 3.10. The predicted molar refractivity (Wildman–Crippen MR) is 87.4 cm³/mol. The Hall–Kier alpha value is -2.96. The van der Waals surface area contributed by atoms with Crippen LogP contribution in [0.3, 0.4) is 0 Å². The molecule has 1 aliphatic rings. The molecule has 2 aromatic carbocycles. The second-order valence-corrected chi connectivity index (χ2v) is 5.82. The summed E-state index contributed by atoms with van der Waals surface area (Å²) < 4.78 is 7.40. The summed E-state index contributed by atoms with van der Waals surface area (Å²) in [6, 6.07) is 12.2. The first-order chi connectivity index (χ1) is 11.8. The van der Waals surface area contributed by atoms with Crippen LogP contribution in [-0.2, 0) is 11.3 Å². The summed E-state index contributed by atoms with van der Waals surface area (Å²) in [7, 11) is 0. The quantitative estimate of drug-likeness (QED) is 0.795. The third kappa shape index (κ3) is 2.80. The van der Waals surface area contributed by atoms with Crippen molar-refractivity contribution in [3.05, 3.63) is 48.3 Å². The molecule has 1 N–H and O–H groups in total. The van der Waals surface area contributed by atoms with E-state index in [4.69, 9.17) is 4.74 Å². The molecular formula is C17H17N5O2. The van der Waals surface area contributed by atoms with Gasteiger partial charge in [0.25, 0.3) is 0 Å². The number of hydrogen-bond donors (Lipinski definition) is 1. The lowest BCUT2D eigenvalue weighted by Gasteiger charge is -2.19. The molecule has 1 aromatic heterocycles. The molecule has 122 valence electrons. The first kappa shape index (κ1) is 14.6. The van der Waals surface area contributed by atoms with Crippen molar-refractivity contribution in [3.8, 4) is 5.75 Å². The van der Waals surface area contributed by atoms with Crippen LogP contribution in [0.25, 0.3) is 10.8 Å². The average Bonchev–Trinajstić information content (AvgIpc) is 3.01. The van der Waals surface area contributed by atoms with E-state index in [1.807, 2.05) is 18.2 Å². The highest BCUT2D eigenvalue weighted by atomic mass is 16.5. The Morgan fingerprint density at radius 1 is 1.29 bits per heavy atom. The monoisotopic (exact) mass is 323 g/mol. The molecule has 2 heterocycles. The molecule has 3 aromatic rings. The van der Waals surface area contributed by atoms with Gasteiger partial charge in [-0.25, -0.2) is 4.68 Å². The number of ether oxygens (including phenoxy) is 1. The zero-order valence-corrected chi connectivity index (χ0v) is 13.1. The minimum atomic E-state index is -0.117. The standard InChI is InChI=1S/C17H17N5O2/c23-16(10-22-11-18-20-21-22)19-15-6-3-9-24-17-13-5-2-1-4-12(13)7-8-14(15)17/h1-2,4-5,7-8,11,15H,3,6,9-10H2,(H,19,23)/t15-/m0/s1. The summed E-state index contributed by atoms with van der Waals surface area (Å²) in [6.07, 6.45) is 3.16. The van der Waals surface area contributed by atoms with Crippen molar-refractivity contribution in [2.24, 2.45) is 0 Å². The lowest BCUT2D eigenvalue weighted by atomic mass is 9.98. The topological polar surface area (TPSA) is 81.9 Å². The molecule has 0 unspecified atom stereocenters. The Labute approximate surface area is 138 Å². The summed E-state index contributed by atoms with van der Waals surface area (Å²) >= 11 is 0. The molecule has 0 fully saturated rings. The average molecular weight is 323 g/mol. The van der Waals surface area contributed by atoms with Gasteiger partial charge in [0.15, 0.2) is 0 Å². The molecule has 7 heteroatoms. The zero-order chi connectivity index (χ0) is 16.4. The van der Waals surface area contributed by atoms with E-state index in [1.165, 1.54) is 11.0 Å². The molecule has 1 atom stereocenters. The number of amides is 1. The van der Waals surface area contributed by atoms with Crippen molar-refractivity contribution in [2.75, 3.05) is 6.61 Å². The van der Waals surface area contributed by atoms with E-state index in [1.54, 1.807) is 0 Å². The van der Waals surface area contributed by atoms with Gasteiger partial charge in [0.1, 0.15) is 18.6 Å². The highest BCUT2D eigenvalue weighted by Gasteiger charge is 2.23. The number of benzene rings is 2. The molecule has 1 amide bonds. The Morgan fingerprint density at radius 3 is 3.08 bits per heavy atom. The van der Waals surface area contributed by atoms with Crippen LogP contribution in [0.15, 0.2) is 42.7 Å². The second kappa shape index (κ2) is 6.27. The van der Waals surface area contributed by atoms with Crippen molar-refractivity contribution in [1.29, 1.82) is 0 Å². The zero-order valence-electron chi connectivity index (χ0n) is 13.1. The van der Waals surface area contributed by atoms with Gasteiger partial charge in [-0.1, -0.05) is 36.4 Å². The molecule has 24 heavy (non-hydrogen) atoms. The van der Waals surface area contributed by atoms with Gasteiger partial charge < -0.3 is 10.1 Å². The number of rotatable bonds is 3. The summed E-state index contributed by atoms with van der Waals surface area (Å²) in [5, 5.41) is 16.1. The van der Waals surface area contributed by atoms with Crippen molar-refractivity contribution < 1.29 is 9.53 Å². The van der Waals surface area contributed by atoms with Crippen LogP contribution in [0, 0.1) is 0 Å². The fraction of sp³-hybridized carbons (Fsp3) is 0.294. The van der Waals surface area contributed by atoms with Gasteiger partial charge >= 0.3 is 0 Å². The van der Waals surface area contributed by atoms with Crippen LogP contribution < -0.4 is 10.1 Å². The van der Waals surface area contributed by atoms with E-state index in [9.17, 15) is 4.79 Å². The maximum atomic E-state index is 12.3. The van der Waals surface area contributed by atoms with E-state index in [0.717, 1.165) is 34.9 Å². The fourth-order valence-electron chi connectivity index (χ4n) is 3.10. The van der Waals surface area contributed by atoms with Crippen LogP contribution in [0.1, 0.15) is 24.4 Å². The minimum Gasteiger partial charge on any atom is -0.493 e. The van der Waals surface area contributed by atoms with E-state index < -0.39 is 0 Å². The highest BCUT2D eigenvalue weighted by molar-refractivity contribution is 5.90. The largest absolute Gasteiger partial charge is 0.493 e. The maximum absolute atomic E-state index is 12.3. The van der Waals surface area contributed by atoms with Crippen molar-refractivity contribution in [2.45, 2.75) is 25.4 Å². The third-order valence-corrected chi connectivity index (χ3v) is 4.20. The van der Waals surface area contributed by atoms with Gasteiger partial charge in [0.05, 0.1) is 12.6 Å². The SMILES string of the molecule is O=C(Cn1cnnn1)N[C@H]1CCCOc2c1ccc1ccccc21. The molecule has 0 saturated heterocycles. The van der Waals surface area contributed by atoms with Gasteiger partial charge in [-0.2, -0.15) is 0 Å². The highest BCUT2D eigenvalue weighted by Crippen LogP contribution is 2.37. The van der Waals surface area contributed by atoms with E-state index in [-0.39, 0.29) is 18.5 Å². The van der Waals surface area contributed by atoms with Gasteiger partial charge in [-0.15, -0.1) is 5.10 Å². The molecule has 0 aliphatic carbocycles. The van der Waals surface area contributed by atoms with Crippen LogP contribution in [0.4, 0.5) is 0 Å². The normalized spacial score (nSPS) is 16.9. The molecular weight excluding hydrogens is 306 g/mol. The molecule has 0 saturated carbocycles. The third-order valence-electron chi connectivity index (χ3n) is 4.20. The van der Waals surface area contributed by atoms with Crippen molar-refractivity contribution >= 4 is 16.7 Å². The van der Waals surface area contributed by atoms with Crippen LogP contribution >= 0.6 is 0 Å². The predicted octanol–water partition coefficient (Wildman–Crippen LogP) is 1.86. The number of tetrazole rings is 1. The van der Waals surface area contributed by atoms with Gasteiger partial charge in [0.2, 0.25) is 5.91 Å². The van der Waals surface area contributed by atoms with Crippen LogP contribution in [0.5, 0.6) is 5.75 Å². The second-order valence-electron chi connectivity index (χ2n) is 5.82. The van der Waals surface area contributed by atoms with Crippen molar-refractivity contribution in [1.82, 2.24) is 25.5 Å². The number of carbonyl (C=O) groups excluding carboxylic acids is 1. The lowest BCUT2D eigenvalue weighted by molar-refractivity contribution is -0.122. The minimum absolute atomic E-state index is 0.0731. The molecule has 4 rings (SSSR count). The smallest absolute Gasteiger partial charge is 0.242 e. The Morgan fingerprint density at radius 2 is 2.21 bits per heavy atom. The maximum Gasteiger partial charge on any atom is 0.242 e.